The van der Waals surface area contributed by atoms with Crippen LogP contribution in [0.4, 0.5) is 0 Å². The number of halogens is 2. The number of cyclic esters (lactones) is 2. The molecule has 2 atom stereocenters. The fourth-order valence-electron chi connectivity index (χ4n) is 1.43. The lowest BCUT2D eigenvalue weighted by atomic mass is 10.5. The molecule has 0 saturated carbocycles. The number of carbonyl (C=O) groups is 2. The van der Waals surface area contributed by atoms with Crippen LogP contribution in [0.2, 0.25) is 0 Å². The molecule has 0 saturated heterocycles. The van der Waals surface area contributed by atoms with Crippen LogP contribution in [0.25, 0.3) is 0 Å². The molecule has 2 rings (SSSR count). The molecule has 0 aromatic rings. The Balaban J connectivity index is 2.29. The molecule has 0 radical (unpaired) electrons. The third kappa shape index (κ3) is 2.75. The zero-order chi connectivity index (χ0) is 14.2. The first kappa shape index (κ1) is 15.0. The zero-order valence-electron chi connectivity index (χ0n) is 9.77. The van der Waals surface area contributed by atoms with Crippen molar-refractivity contribution in [2.75, 3.05) is 14.2 Å². The lowest BCUT2D eigenvalue weighted by Gasteiger charge is -2.14. The molecule has 2 aliphatic heterocycles. The highest BCUT2D eigenvalue weighted by Gasteiger charge is 2.40. The molecular weight excluding hydrogens is 408 g/mol. The summed E-state index contributed by atoms with van der Waals surface area (Å²) < 4.78 is 20.5. The molecule has 0 amide bonds. The van der Waals surface area contributed by atoms with Gasteiger partial charge in [0.25, 0.3) is 0 Å². The predicted molar refractivity (Wildman–Crippen MR) is 73.3 cm³/mol. The van der Waals surface area contributed by atoms with Crippen LogP contribution in [0.15, 0.2) is 18.8 Å². The molecule has 19 heavy (non-hydrogen) atoms. The molecule has 9 heteroatoms. The van der Waals surface area contributed by atoms with Gasteiger partial charge in [0.15, 0.2) is 0 Å². The summed E-state index contributed by atoms with van der Waals surface area (Å²) in [7, 11) is 2.83. The van der Waals surface area contributed by atoms with Crippen molar-refractivity contribution in [3.05, 3.63) is 18.8 Å². The van der Waals surface area contributed by atoms with Gasteiger partial charge in [-0.25, -0.2) is 9.59 Å². The quantitative estimate of drug-likeness (QED) is 0.650. The van der Waals surface area contributed by atoms with Gasteiger partial charge in [0, 0.05) is 14.2 Å². The Morgan fingerprint density at radius 1 is 0.947 bits per heavy atom. The highest BCUT2D eigenvalue weighted by molar-refractivity contribution is 9.12. The van der Waals surface area contributed by atoms with Crippen LogP contribution in [0.5, 0.6) is 0 Å². The van der Waals surface area contributed by atoms with Crippen molar-refractivity contribution in [3.63, 3.8) is 0 Å². The zero-order valence-corrected chi connectivity index (χ0v) is 13.8. The number of carbonyl (C=O) groups excluding carboxylic acids is 2. The second-order valence-electron chi connectivity index (χ2n) is 3.40. The molecule has 2 unspecified atom stereocenters. The van der Waals surface area contributed by atoms with Crippen LogP contribution in [0.1, 0.15) is 0 Å². The topological polar surface area (TPSA) is 71.1 Å². The second kappa shape index (κ2) is 5.96. The van der Waals surface area contributed by atoms with E-state index in [0.717, 1.165) is 11.8 Å². The Morgan fingerprint density at radius 2 is 1.32 bits per heavy atom. The van der Waals surface area contributed by atoms with E-state index in [-0.39, 0.29) is 8.96 Å². The third-order valence-electron chi connectivity index (χ3n) is 2.30. The van der Waals surface area contributed by atoms with Crippen molar-refractivity contribution in [1.82, 2.24) is 0 Å². The summed E-state index contributed by atoms with van der Waals surface area (Å²) >= 11 is 7.40. The van der Waals surface area contributed by atoms with Gasteiger partial charge in [-0.2, -0.15) is 0 Å². The number of methoxy groups -OCH3 is 2. The van der Waals surface area contributed by atoms with E-state index >= 15 is 0 Å². The van der Waals surface area contributed by atoms with Crippen molar-refractivity contribution in [1.29, 1.82) is 0 Å². The average Bonchev–Trinajstić information content (AvgIpc) is 2.83. The first-order chi connectivity index (χ1) is 8.99. The summed E-state index contributed by atoms with van der Waals surface area (Å²) in [4.78, 5) is 23.9. The maximum Gasteiger partial charge on any atom is 0.348 e. The van der Waals surface area contributed by atoms with E-state index in [1.807, 2.05) is 0 Å². The molecule has 104 valence electrons. The van der Waals surface area contributed by atoms with Crippen molar-refractivity contribution in [3.8, 4) is 0 Å². The van der Waals surface area contributed by atoms with Gasteiger partial charge in [-0.05, 0) is 31.9 Å². The fraction of sp³-hybridized carbons (Fsp3) is 0.400. The minimum atomic E-state index is -0.812. The Morgan fingerprint density at radius 3 is 1.63 bits per heavy atom. The Labute approximate surface area is 129 Å². The van der Waals surface area contributed by atoms with Crippen molar-refractivity contribution in [2.24, 2.45) is 0 Å². The highest BCUT2D eigenvalue weighted by Crippen LogP contribution is 2.45. The predicted octanol–water partition coefficient (Wildman–Crippen LogP) is 1.99. The number of esters is 2. The largest absolute Gasteiger partial charge is 0.427 e. The number of hydrogen-bond acceptors (Lipinski definition) is 7. The summed E-state index contributed by atoms with van der Waals surface area (Å²) in [5.41, 5.74) is 0. The number of rotatable bonds is 4. The number of thioether (sulfide) groups is 1. The van der Waals surface area contributed by atoms with E-state index in [2.05, 4.69) is 31.9 Å². The van der Waals surface area contributed by atoms with Crippen molar-refractivity contribution >= 4 is 55.6 Å². The van der Waals surface area contributed by atoms with E-state index < -0.39 is 24.5 Å². The van der Waals surface area contributed by atoms with E-state index in [1.54, 1.807) is 0 Å². The lowest BCUT2D eigenvalue weighted by molar-refractivity contribution is -0.155. The maximum atomic E-state index is 11.4. The van der Waals surface area contributed by atoms with Gasteiger partial charge in [0.1, 0.15) is 8.96 Å². The Hall–Kier alpha value is -0.350. The fourth-order valence-corrected chi connectivity index (χ4v) is 3.54. The number of hydrogen-bond donors (Lipinski definition) is 0. The SMILES string of the molecule is COC1OC(=O)C(Br)=C1SC1=C(Br)C(=O)OC1OC. The summed E-state index contributed by atoms with van der Waals surface area (Å²) in [6.07, 6.45) is -1.62. The third-order valence-corrected chi connectivity index (χ3v) is 5.56. The van der Waals surface area contributed by atoms with Gasteiger partial charge in [0.2, 0.25) is 12.6 Å². The molecule has 6 nitrogen and oxygen atoms in total. The smallest absolute Gasteiger partial charge is 0.348 e. The summed E-state index contributed by atoms with van der Waals surface area (Å²) in [6, 6.07) is 0. The second-order valence-corrected chi connectivity index (χ2v) is 6.07. The Bertz CT molecular complexity index is 456. The summed E-state index contributed by atoms with van der Waals surface area (Å²) in [5, 5.41) is 0. The van der Waals surface area contributed by atoms with E-state index in [4.69, 9.17) is 18.9 Å². The summed E-state index contributed by atoms with van der Waals surface area (Å²) in [6.45, 7) is 0. The molecule has 0 N–H and O–H groups in total. The number of ether oxygens (including phenoxy) is 4. The molecule has 0 aromatic carbocycles. The minimum Gasteiger partial charge on any atom is -0.427 e. The molecule has 0 fully saturated rings. The molecule has 0 bridgehead atoms. The van der Waals surface area contributed by atoms with Gasteiger partial charge in [-0.3, -0.25) is 0 Å². The molecule has 0 aliphatic carbocycles. The molecule has 2 aliphatic rings. The molecular formula is C10H8Br2O6S. The Kier molecular flexibility index (Phi) is 4.72. The van der Waals surface area contributed by atoms with Gasteiger partial charge in [-0.1, -0.05) is 11.8 Å². The maximum absolute atomic E-state index is 11.4. The normalized spacial score (nSPS) is 27.2. The van der Waals surface area contributed by atoms with Crippen molar-refractivity contribution in [2.45, 2.75) is 12.6 Å². The highest BCUT2D eigenvalue weighted by atomic mass is 79.9. The van der Waals surface area contributed by atoms with E-state index in [9.17, 15) is 9.59 Å². The first-order valence-electron chi connectivity index (χ1n) is 4.94. The van der Waals surface area contributed by atoms with Gasteiger partial charge >= 0.3 is 11.9 Å². The monoisotopic (exact) mass is 414 g/mol. The molecule has 0 spiro atoms. The van der Waals surface area contributed by atoms with Crippen LogP contribution in [-0.4, -0.2) is 38.7 Å². The van der Waals surface area contributed by atoms with E-state index in [0.29, 0.717) is 9.81 Å². The van der Waals surface area contributed by atoms with Gasteiger partial charge in [-0.15, -0.1) is 0 Å². The van der Waals surface area contributed by atoms with Gasteiger partial charge < -0.3 is 18.9 Å². The van der Waals surface area contributed by atoms with Crippen LogP contribution in [-0.2, 0) is 28.5 Å². The van der Waals surface area contributed by atoms with Crippen molar-refractivity contribution < 1.29 is 28.5 Å². The summed E-state index contributed by atoms with van der Waals surface area (Å²) in [5.74, 6) is -1.05. The van der Waals surface area contributed by atoms with Crippen LogP contribution in [0, 0.1) is 0 Å². The van der Waals surface area contributed by atoms with E-state index in [1.165, 1.54) is 14.2 Å². The van der Waals surface area contributed by atoms with Crippen LogP contribution >= 0.6 is 43.6 Å². The first-order valence-corrected chi connectivity index (χ1v) is 7.34. The van der Waals surface area contributed by atoms with Crippen LogP contribution < -0.4 is 0 Å². The van der Waals surface area contributed by atoms with Gasteiger partial charge in [0.05, 0.1) is 9.81 Å². The molecule has 0 aromatic heterocycles. The lowest BCUT2D eigenvalue weighted by Crippen LogP contribution is -2.15. The average molecular weight is 416 g/mol. The van der Waals surface area contributed by atoms with Crippen LogP contribution in [0.3, 0.4) is 0 Å². The standard InChI is InChI=1S/C10H8Br2O6S/c1-15-9-5(3(11)7(13)17-9)19-6-4(12)8(14)18-10(6)16-2/h9-10H,1-2H3. The molecule has 2 heterocycles. The minimum absolute atomic E-state index is 0.256.